The first kappa shape index (κ1) is 18.3. The van der Waals surface area contributed by atoms with Crippen molar-refractivity contribution in [2.24, 2.45) is 5.92 Å². The lowest BCUT2D eigenvalue weighted by atomic mass is 9.90. The van der Waals surface area contributed by atoms with Gasteiger partial charge in [0.2, 0.25) is 0 Å². The van der Waals surface area contributed by atoms with Crippen molar-refractivity contribution < 1.29 is 0 Å². The molecule has 0 spiro atoms. The number of nitrogens with zero attached hydrogens (tertiary/aromatic N) is 1. The Morgan fingerprint density at radius 3 is 1.93 bits per heavy atom. The van der Waals surface area contributed by atoms with E-state index in [1.807, 2.05) is 0 Å². The number of rotatable bonds is 5. The van der Waals surface area contributed by atoms with Gasteiger partial charge in [0, 0.05) is 17.1 Å². The van der Waals surface area contributed by atoms with Crippen LogP contribution >= 0.6 is 0 Å². The number of aryl methyl sites for hydroxylation is 1. The van der Waals surface area contributed by atoms with Crippen LogP contribution in [0, 0.1) is 12.8 Å². The molecule has 3 aromatic rings. The van der Waals surface area contributed by atoms with E-state index >= 15 is 0 Å². The van der Waals surface area contributed by atoms with Crippen molar-refractivity contribution in [1.29, 1.82) is 0 Å². The highest BCUT2D eigenvalue weighted by Gasteiger charge is 2.19. The fourth-order valence-corrected chi connectivity index (χ4v) is 3.78. The van der Waals surface area contributed by atoms with Gasteiger partial charge in [0.1, 0.15) is 0 Å². The van der Waals surface area contributed by atoms with Gasteiger partial charge in [-0.05, 0) is 61.9 Å². The lowest BCUT2D eigenvalue weighted by Crippen LogP contribution is -2.19. The van der Waals surface area contributed by atoms with Crippen LogP contribution in [0.3, 0.4) is 0 Å². The van der Waals surface area contributed by atoms with Crippen molar-refractivity contribution in [3.63, 3.8) is 0 Å². The van der Waals surface area contributed by atoms with Gasteiger partial charge in [-0.3, -0.25) is 0 Å². The monoisotopic (exact) mass is 365 g/mol. The van der Waals surface area contributed by atoms with Crippen LogP contribution in [0.1, 0.15) is 30.4 Å². The second-order valence-corrected chi connectivity index (χ2v) is 7.51. The van der Waals surface area contributed by atoms with Crippen LogP contribution in [0.2, 0.25) is 0 Å². The summed E-state index contributed by atoms with van der Waals surface area (Å²) >= 11 is 0. The van der Waals surface area contributed by atoms with Gasteiger partial charge < -0.3 is 4.90 Å². The molecule has 0 saturated heterocycles. The maximum atomic E-state index is 2.42. The fraction of sp³-hybridized carbons (Fsp3) is 0.185. The lowest BCUT2D eigenvalue weighted by Gasteiger charge is -2.31. The highest BCUT2D eigenvalue weighted by Crippen LogP contribution is 2.35. The summed E-state index contributed by atoms with van der Waals surface area (Å²) < 4.78 is 0. The van der Waals surface area contributed by atoms with E-state index in [2.05, 4.69) is 115 Å². The molecule has 1 atom stereocenters. The van der Waals surface area contributed by atoms with Crippen molar-refractivity contribution in [3.05, 3.63) is 114 Å². The molecule has 3 aromatic carbocycles. The van der Waals surface area contributed by atoms with Gasteiger partial charge in [0.25, 0.3) is 0 Å². The van der Waals surface area contributed by atoms with Crippen molar-refractivity contribution >= 4 is 17.5 Å². The van der Waals surface area contributed by atoms with Gasteiger partial charge >= 0.3 is 0 Å². The zero-order valence-electron chi connectivity index (χ0n) is 16.5. The molecule has 1 nitrogen and oxygen atoms in total. The van der Waals surface area contributed by atoms with Crippen LogP contribution in [0.15, 0.2) is 103 Å². The van der Waals surface area contributed by atoms with Crippen LogP contribution in [0.5, 0.6) is 0 Å². The van der Waals surface area contributed by atoms with E-state index in [4.69, 9.17) is 0 Å². The smallest absolute Gasteiger partial charge is 0.0458 e. The fourth-order valence-electron chi connectivity index (χ4n) is 3.78. The number of hydrogen-bond acceptors (Lipinski definition) is 1. The summed E-state index contributed by atoms with van der Waals surface area (Å²) in [6.07, 6.45) is 10.4. The van der Waals surface area contributed by atoms with Gasteiger partial charge in [-0.1, -0.05) is 84.5 Å². The van der Waals surface area contributed by atoms with Crippen molar-refractivity contribution in [1.82, 2.24) is 0 Å². The minimum atomic E-state index is 0.610. The molecule has 0 fully saturated rings. The topological polar surface area (TPSA) is 3.24 Å². The van der Waals surface area contributed by atoms with Crippen LogP contribution in [-0.4, -0.2) is 0 Å². The predicted molar refractivity (Wildman–Crippen MR) is 121 cm³/mol. The standard InChI is InChI=1S/C27H27N/c1-22-12-14-23(15-13-22)16-17-24-18-20-27(21-19-24)28(25-8-4-2-5-9-25)26-10-6-3-7-11-26/h2-17,20,24H,18-19,21H2,1H3. The zero-order chi connectivity index (χ0) is 19.2. The van der Waals surface area contributed by atoms with E-state index < -0.39 is 0 Å². The Morgan fingerprint density at radius 1 is 0.786 bits per heavy atom. The van der Waals surface area contributed by atoms with Crippen molar-refractivity contribution in [2.45, 2.75) is 26.2 Å². The maximum absolute atomic E-state index is 2.42. The third kappa shape index (κ3) is 4.43. The minimum Gasteiger partial charge on any atom is -0.315 e. The highest BCUT2D eigenvalue weighted by atomic mass is 15.1. The summed E-state index contributed by atoms with van der Waals surface area (Å²) in [5.41, 5.74) is 6.46. The summed E-state index contributed by atoms with van der Waals surface area (Å²) in [7, 11) is 0. The summed E-state index contributed by atoms with van der Waals surface area (Å²) in [6.45, 7) is 2.13. The summed E-state index contributed by atoms with van der Waals surface area (Å²) in [5.74, 6) is 0.610. The van der Waals surface area contributed by atoms with Crippen molar-refractivity contribution in [2.75, 3.05) is 4.90 Å². The normalized spacial score (nSPS) is 16.8. The summed E-state index contributed by atoms with van der Waals surface area (Å²) in [6, 6.07) is 30.1. The minimum absolute atomic E-state index is 0.610. The number of hydrogen-bond donors (Lipinski definition) is 0. The Balaban J connectivity index is 1.52. The Morgan fingerprint density at radius 2 is 1.39 bits per heavy atom. The average Bonchev–Trinajstić information content (AvgIpc) is 2.76. The lowest BCUT2D eigenvalue weighted by molar-refractivity contribution is 0.564. The molecule has 140 valence electrons. The van der Waals surface area contributed by atoms with E-state index in [1.165, 1.54) is 34.6 Å². The van der Waals surface area contributed by atoms with Gasteiger partial charge in [0.05, 0.1) is 0 Å². The number of para-hydroxylation sites is 2. The Kier molecular flexibility index (Phi) is 5.72. The molecule has 1 heteroatoms. The van der Waals surface area contributed by atoms with Crippen LogP contribution in [0.25, 0.3) is 6.08 Å². The first-order valence-corrected chi connectivity index (χ1v) is 10.1. The van der Waals surface area contributed by atoms with Crippen LogP contribution in [0.4, 0.5) is 11.4 Å². The second kappa shape index (κ2) is 8.75. The van der Waals surface area contributed by atoms with Gasteiger partial charge in [-0.15, -0.1) is 0 Å². The third-order valence-corrected chi connectivity index (χ3v) is 5.38. The van der Waals surface area contributed by atoms with E-state index in [-0.39, 0.29) is 0 Å². The molecule has 0 N–H and O–H groups in total. The largest absolute Gasteiger partial charge is 0.315 e. The quantitative estimate of drug-likeness (QED) is 0.451. The molecular formula is C27H27N. The van der Waals surface area contributed by atoms with E-state index in [0.717, 1.165) is 12.8 Å². The van der Waals surface area contributed by atoms with E-state index in [9.17, 15) is 0 Å². The molecule has 1 aliphatic carbocycles. The predicted octanol–water partition coefficient (Wildman–Crippen LogP) is 7.53. The van der Waals surface area contributed by atoms with Crippen LogP contribution in [-0.2, 0) is 0 Å². The molecule has 0 aliphatic heterocycles. The molecule has 0 aromatic heterocycles. The third-order valence-electron chi connectivity index (χ3n) is 5.38. The molecule has 1 unspecified atom stereocenters. The number of allylic oxidation sites excluding steroid dienone is 3. The van der Waals surface area contributed by atoms with Crippen LogP contribution < -0.4 is 4.90 Å². The Bertz CT molecular complexity index is 897. The molecule has 0 saturated carbocycles. The molecule has 0 amide bonds. The Hall–Kier alpha value is -3.06. The molecule has 1 aliphatic rings. The van der Waals surface area contributed by atoms with Gasteiger partial charge in [-0.2, -0.15) is 0 Å². The van der Waals surface area contributed by atoms with Gasteiger partial charge in [0.15, 0.2) is 0 Å². The van der Waals surface area contributed by atoms with Gasteiger partial charge in [-0.25, -0.2) is 0 Å². The molecule has 0 heterocycles. The van der Waals surface area contributed by atoms with Crippen molar-refractivity contribution in [3.8, 4) is 0 Å². The first-order valence-electron chi connectivity index (χ1n) is 10.1. The first-order chi connectivity index (χ1) is 13.8. The SMILES string of the molecule is Cc1ccc(C=CC2CC=C(N(c3ccccc3)c3ccccc3)CC2)cc1. The number of benzene rings is 3. The molecule has 0 bridgehead atoms. The maximum Gasteiger partial charge on any atom is 0.0458 e. The average molecular weight is 366 g/mol. The molecule has 0 radical (unpaired) electrons. The van der Waals surface area contributed by atoms with E-state index in [0.29, 0.717) is 5.92 Å². The van der Waals surface area contributed by atoms with E-state index in [1.54, 1.807) is 0 Å². The number of anilines is 2. The molecular weight excluding hydrogens is 338 g/mol. The molecule has 4 rings (SSSR count). The summed E-state index contributed by atoms with van der Waals surface area (Å²) in [4.78, 5) is 2.40. The highest BCUT2D eigenvalue weighted by molar-refractivity contribution is 5.68. The summed E-state index contributed by atoms with van der Waals surface area (Å²) in [5, 5.41) is 0. The zero-order valence-corrected chi connectivity index (χ0v) is 16.5. The molecule has 28 heavy (non-hydrogen) atoms. The Labute approximate surface area is 168 Å². The second-order valence-electron chi connectivity index (χ2n) is 7.51.